The van der Waals surface area contributed by atoms with Gasteiger partial charge < -0.3 is 14.8 Å². The normalized spacial score (nSPS) is 12.2. The fourth-order valence-corrected chi connectivity index (χ4v) is 1.82. The summed E-state index contributed by atoms with van der Waals surface area (Å²) in [6, 6.07) is 3.24. The molecule has 0 aliphatic heterocycles. The van der Waals surface area contributed by atoms with Crippen molar-refractivity contribution in [2.45, 2.75) is 18.7 Å². The van der Waals surface area contributed by atoms with E-state index in [0.717, 1.165) is 0 Å². The molecule has 0 aromatic heterocycles. The van der Waals surface area contributed by atoms with E-state index in [1.165, 1.54) is 14.2 Å². The lowest BCUT2D eigenvalue weighted by Crippen LogP contribution is -2.27. The molecule has 0 saturated carbocycles. The molecule has 1 atom stereocenters. The third-order valence-corrected chi connectivity index (χ3v) is 4.34. The molecule has 0 saturated heterocycles. The Bertz CT molecular complexity index is 465. The maximum absolute atomic E-state index is 12.0. The minimum Gasteiger partial charge on any atom is -0.495 e. The molecular formula is C13H17BrClNO3. The number of carbonyl (C=O) groups excluding carboxylic acids is 1. The number of alkyl halides is 1. The molecule has 1 aromatic rings. The number of methoxy groups -OCH3 is 2. The number of hydrogen-bond donors (Lipinski definition) is 1. The van der Waals surface area contributed by atoms with E-state index in [0.29, 0.717) is 22.2 Å². The summed E-state index contributed by atoms with van der Waals surface area (Å²) in [6.07, 6.45) is 0. The fraction of sp³-hybridized carbons (Fsp3) is 0.462. The maximum Gasteiger partial charge on any atom is 0.238 e. The lowest BCUT2D eigenvalue weighted by Gasteiger charge is -2.16. The number of carbonyl (C=O) groups is 1. The van der Waals surface area contributed by atoms with Crippen molar-refractivity contribution in [1.29, 1.82) is 0 Å². The molecule has 106 valence electrons. The summed E-state index contributed by atoms with van der Waals surface area (Å²) in [6.45, 7) is 3.91. The first kappa shape index (κ1) is 16.1. The summed E-state index contributed by atoms with van der Waals surface area (Å²) in [4.78, 5) is 11.7. The fourth-order valence-electron chi connectivity index (χ4n) is 1.46. The van der Waals surface area contributed by atoms with Gasteiger partial charge in [0, 0.05) is 6.07 Å². The number of ether oxygens (including phenoxy) is 2. The first-order chi connectivity index (χ1) is 8.90. The highest BCUT2D eigenvalue weighted by Crippen LogP contribution is 2.36. The zero-order valence-corrected chi connectivity index (χ0v) is 13.6. The van der Waals surface area contributed by atoms with Crippen LogP contribution in [0.15, 0.2) is 12.1 Å². The Balaban J connectivity index is 3.01. The van der Waals surface area contributed by atoms with Gasteiger partial charge in [-0.05, 0) is 12.0 Å². The molecule has 1 aromatic carbocycles. The first-order valence-electron chi connectivity index (χ1n) is 5.77. The second-order valence-corrected chi connectivity index (χ2v) is 5.72. The minimum absolute atomic E-state index is 0.144. The molecule has 0 bridgehead atoms. The summed E-state index contributed by atoms with van der Waals surface area (Å²) >= 11 is 9.39. The van der Waals surface area contributed by atoms with E-state index >= 15 is 0 Å². The number of anilines is 1. The van der Waals surface area contributed by atoms with Gasteiger partial charge in [-0.3, -0.25) is 4.79 Å². The van der Waals surface area contributed by atoms with Crippen molar-refractivity contribution in [2.24, 2.45) is 5.92 Å². The summed E-state index contributed by atoms with van der Waals surface area (Å²) in [5.41, 5.74) is 0.517. The Labute approximate surface area is 126 Å². The molecule has 6 heteroatoms. The molecule has 0 radical (unpaired) electrons. The zero-order chi connectivity index (χ0) is 14.6. The highest BCUT2D eigenvalue weighted by atomic mass is 79.9. The first-order valence-corrected chi connectivity index (χ1v) is 7.06. The standard InChI is InChI=1S/C13H17BrClNO3/c1-7(2)12(14)13(17)16-9-5-8(15)10(18-3)6-11(9)19-4/h5-7,12H,1-4H3,(H,16,17). The molecule has 0 fully saturated rings. The summed E-state index contributed by atoms with van der Waals surface area (Å²) in [7, 11) is 3.04. The zero-order valence-electron chi connectivity index (χ0n) is 11.3. The third kappa shape index (κ3) is 4.01. The Morgan fingerprint density at radius 1 is 1.26 bits per heavy atom. The van der Waals surface area contributed by atoms with E-state index < -0.39 is 0 Å². The van der Waals surface area contributed by atoms with Crippen molar-refractivity contribution in [3.05, 3.63) is 17.2 Å². The van der Waals surface area contributed by atoms with Crippen LogP contribution < -0.4 is 14.8 Å². The maximum atomic E-state index is 12.0. The molecule has 0 spiro atoms. The van der Waals surface area contributed by atoms with Gasteiger partial charge in [0.1, 0.15) is 11.5 Å². The minimum atomic E-state index is -0.280. The number of hydrogen-bond acceptors (Lipinski definition) is 3. The number of benzene rings is 1. The lowest BCUT2D eigenvalue weighted by atomic mass is 10.1. The molecule has 1 rings (SSSR count). The van der Waals surface area contributed by atoms with Crippen molar-refractivity contribution in [2.75, 3.05) is 19.5 Å². The second kappa shape index (κ2) is 7.01. The summed E-state index contributed by atoms with van der Waals surface area (Å²) in [5, 5.41) is 3.20. The summed E-state index contributed by atoms with van der Waals surface area (Å²) < 4.78 is 10.3. The van der Waals surface area contributed by atoms with Crippen LogP contribution in [0.1, 0.15) is 13.8 Å². The Kier molecular flexibility index (Phi) is 5.94. The van der Waals surface area contributed by atoms with Crippen LogP contribution in [0.4, 0.5) is 5.69 Å². The van der Waals surface area contributed by atoms with Gasteiger partial charge in [-0.25, -0.2) is 0 Å². The Morgan fingerprint density at radius 3 is 2.32 bits per heavy atom. The van der Waals surface area contributed by atoms with Crippen molar-refractivity contribution in [3.8, 4) is 11.5 Å². The molecule has 0 aliphatic rings. The van der Waals surface area contributed by atoms with Crippen LogP contribution >= 0.6 is 27.5 Å². The van der Waals surface area contributed by atoms with Gasteiger partial charge in [0.15, 0.2) is 0 Å². The monoisotopic (exact) mass is 349 g/mol. The molecule has 1 N–H and O–H groups in total. The lowest BCUT2D eigenvalue weighted by molar-refractivity contribution is -0.116. The molecular weight excluding hydrogens is 334 g/mol. The number of nitrogens with one attached hydrogen (secondary N) is 1. The predicted octanol–water partition coefficient (Wildman–Crippen LogP) is 3.72. The molecule has 1 unspecified atom stereocenters. The van der Waals surface area contributed by atoms with Crippen LogP contribution in [-0.2, 0) is 4.79 Å². The molecule has 1 amide bonds. The second-order valence-electron chi connectivity index (χ2n) is 4.32. The van der Waals surface area contributed by atoms with Crippen molar-refractivity contribution in [1.82, 2.24) is 0 Å². The smallest absolute Gasteiger partial charge is 0.238 e. The van der Waals surface area contributed by atoms with Crippen LogP contribution in [0.3, 0.4) is 0 Å². The van der Waals surface area contributed by atoms with Crippen molar-refractivity contribution in [3.63, 3.8) is 0 Å². The van der Waals surface area contributed by atoms with Gasteiger partial charge in [-0.1, -0.05) is 41.4 Å². The summed E-state index contributed by atoms with van der Waals surface area (Å²) in [5.74, 6) is 1.03. The highest BCUT2D eigenvalue weighted by molar-refractivity contribution is 9.10. The van der Waals surface area contributed by atoms with E-state index in [4.69, 9.17) is 21.1 Å². The third-order valence-electron chi connectivity index (χ3n) is 2.57. The van der Waals surface area contributed by atoms with E-state index in [9.17, 15) is 4.79 Å². The van der Waals surface area contributed by atoms with Crippen LogP contribution in [-0.4, -0.2) is 25.0 Å². The number of halogens is 2. The van der Waals surface area contributed by atoms with Crippen molar-refractivity contribution < 1.29 is 14.3 Å². The quantitative estimate of drug-likeness (QED) is 0.823. The van der Waals surface area contributed by atoms with Gasteiger partial charge in [0.2, 0.25) is 5.91 Å². The van der Waals surface area contributed by atoms with E-state index in [-0.39, 0.29) is 16.7 Å². The highest BCUT2D eigenvalue weighted by Gasteiger charge is 2.20. The van der Waals surface area contributed by atoms with Crippen LogP contribution in [0.5, 0.6) is 11.5 Å². The van der Waals surface area contributed by atoms with Gasteiger partial charge in [0.05, 0.1) is 29.8 Å². The Morgan fingerprint density at radius 2 is 1.84 bits per heavy atom. The topological polar surface area (TPSA) is 47.6 Å². The van der Waals surface area contributed by atoms with Gasteiger partial charge in [0.25, 0.3) is 0 Å². The van der Waals surface area contributed by atoms with Gasteiger partial charge in [-0.2, -0.15) is 0 Å². The average Bonchev–Trinajstić information content (AvgIpc) is 2.37. The number of rotatable bonds is 5. The van der Waals surface area contributed by atoms with Crippen LogP contribution in [0.25, 0.3) is 0 Å². The SMILES string of the molecule is COc1cc(OC)c(NC(=O)C(Br)C(C)C)cc1Cl. The Hall–Kier alpha value is -0.940. The van der Waals surface area contributed by atoms with E-state index in [1.807, 2.05) is 13.8 Å². The predicted molar refractivity (Wildman–Crippen MR) is 80.7 cm³/mol. The average molecular weight is 351 g/mol. The van der Waals surface area contributed by atoms with E-state index in [1.54, 1.807) is 12.1 Å². The number of amides is 1. The van der Waals surface area contributed by atoms with Crippen LogP contribution in [0, 0.1) is 5.92 Å². The van der Waals surface area contributed by atoms with E-state index in [2.05, 4.69) is 21.2 Å². The molecule has 4 nitrogen and oxygen atoms in total. The molecule has 0 heterocycles. The van der Waals surface area contributed by atoms with Crippen LogP contribution in [0.2, 0.25) is 5.02 Å². The molecule has 19 heavy (non-hydrogen) atoms. The molecule has 0 aliphatic carbocycles. The van der Waals surface area contributed by atoms with Crippen molar-refractivity contribution >= 4 is 39.1 Å². The largest absolute Gasteiger partial charge is 0.495 e. The van der Waals surface area contributed by atoms with Gasteiger partial charge in [-0.15, -0.1) is 0 Å². The van der Waals surface area contributed by atoms with Gasteiger partial charge >= 0.3 is 0 Å².